The maximum Gasteiger partial charge on any atom is 0.342 e. The fraction of sp³-hybridized carbons (Fsp3) is 0.182. The molecular weight excluding hydrogens is 448 g/mol. The number of aromatic nitrogens is 2. The molecule has 34 heavy (non-hydrogen) atoms. The van der Waals surface area contributed by atoms with Gasteiger partial charge >= 0.3 is 11.7 Å². The lowest BCUT2D eigenvalue weighted by Crippen LogP contribution is -2.42. The molecule has 1 aliphatic rings. The third-order valence-electron chi connectivity index (χ3n) is 5.74. The van der Waals surface area contributed by atoms with Crippen molar-refractivity contribution in [3.63, 3.8) is 0 Å². The van der Waals surface area contributed by atoms with Crippen molar-refractivity contribution in [3.05, 3.63) is 95.8 Å². The minimum Gasteiger partial charge on any atom is -0.477 e. The van der Waals surface area contributed by atoms with Gasteiger partial charge in [-0.1, -0.05) is 18.2 Å². The number of hydroxylamine groups is 1. The summed E-state index contributed by atoms with van der Waals surface area (Å²) in [5, 5.41) is 20.8. The van der Waals surface area contributed by atoms with Crippen LogP contribution in [0.2, 0.25) is 0 Å². The van der Waals surface area contributed by atoms with Gasteiger partial charge in [-0.2, -0.15) is 5.48 Å². The number of carbonyl (C=O) groups is 2. The lowest BCUT2D eigenvalue weighted by molar-refractivity contribution is -0.385. The number of nitro groups is 1. The fourth-order valence-electron chi connectivity index (χ4n) is 3.74. The molecule has 0 fully saturated rings. The number of rotatable bonds is 5. The summed E-state index contributed by atoms with van der Waals surface area (Å²) in [6, 6.07) is 8.73. The molecule has 1 aromatic heterocycles. The van der Waals surface area contributed by atoms with Gasteiger partial charge in [-0.05, 0) is 25.5 Å². The molecular formula is C22H18N4O8. The van der Waals surface area contributed by atoms with Crippen molar-refractivity contribution in [3.8, 4) is 11.4 Å². The van der Waals surface area contributed by atoms with E-state index >= 15 is 0 Å². The predicted molar refractivity (Wildman–Crippen MR) is 117 cm³/mol. The predicted octanol–water partition coefficient (Wildman–Crippen LogP) is 1.49. The molecule has 4 rings (SSSR count). The van der Waals surface area contributed by atoms with Crippen molar-refractivity contribution in [2.24, 2.45) is 0 Å². The van der Waals surface area contributed by atoms with Crippen molar-refractivity contribution in [1.82, 2.24) is 14.6 Å². The van der Waals surface area contributed by atoms with Crippen LogP contribution >= 0.6 is 0 Å². The van der Waals surface area contributed by atoms with Crippen molar-refractivity contribution in [2.45, 2.75) is 26.3 Å². The Bertz CT molecular complexity index is 1490. The van der Waals surface area contributed by atoms with E-state index in [4.69, 9.17) is 4.84 Å². The van der Waals surface area contributed by atoms with Gasteiger partial charge in [0.1, 0.15) is 5.56 Å². The Kier molecular flexibility index (Phi) is 5.49. The summed E-state index contributed by atoms with van der Waals surface area (Å²) in [5.74, 6) is -2.12. The van der Waals surface area contributed by atoms with Gasteiger partial charge in [0.25, 0.3) is 17.2 Å². The van der Waals surface area contributed by atoms with Crippen molar-refractivity contribution in [2.75, 3.05) is 0 Å². The molecule has 1 unspecified atom stereocenters. The van der Waals surface area contributed by atoms with E-state index in [1.54, 1.807) is 13.0 Å². The number of nitrogens with zero attached hydrogens (tertiary/aromatic N) is 3. The van der Waals surface area contributed by atoms with E-state index in [9.17, 15) is 34.4 Å². The average Bonchev–Trinajstić information content (AvgIpc) is 2.79. The molecule has 2 aromatic carbocycles. The molecule has 2 N–H and O–H groups in total. The van der Waals surface area contributed by atoms with Gasteiger partial charge in [-0.15, -0.1) is 0 Å². The Labute approximate surface area is 190 Å². The van der Waals surface area contributed by atoms with Crippen LogP contribution in [0.5, 0.6) is 5.75 Å². The summed E-state index contributed by atoms with van der Waals surface area (Å²) >= 11 is 0. The van der Waals surface area contributed by atoms with E-state index < -0.39 is 33.6 Å². The molecule has 2 heterocycles. The first-order chi connectivity index (χ1) is 16.1. The van der Waals surface area contributed by atoms with Gasteiger partial charge in [0.05, 0.1) is 23.1 Å². The topological polar surface area (TPSA) is 163 Å². The highest BCUT2D eigenvalue weighted by Crippen LogP contribution is 2.31. The molecule has 1 aliphatic heterocycles. The third-order valence-corrected chi connectivity index (χ3v) is 5.74. The summed E-state index contributed by atoms with van der Waals surface area (Å²) < 4.78 is 1.68. The van der Waals surface area contributed by atoms with Crippen LogP contribution in [0.1, 0.15) is 39.9 Å². The monoisotopic (exact) mass is 466 g/mol. The van der Waals surface area contributed by atoms with Crippen molar-refractivity contribution < 1.29 is 24.5 Å². The number of fused-ring (bicyclic) bond motifs is 1. The highest BCUT2D eigenvalue weighted by molar-refractivity contribution is 5.87. The number of hydrogen-bond acceptors (Lipinski definition) is 7. The maximum atomic E-state index is 13.3. The molecule has 0 saturated carbocycles. The van der Waals surface area contributed by atoms with E-state index in [0.717, 1.165) is 10.8 Å². The summed E-state index contributed by atoms with van der Waals surface area (Å²) in [6.45, 7) is 2.78. The summed E-state index contributed by atoms with van der Waals surface area (Å²) in [7, 11) is 0. The van der Waals surface area contributed by atoms with Gasteiger partial charge in [0.15, 0.2) is 5.75 Å². The highest BCUT2D eigenvalue weighted by Gasteiger charge is 2.26. The average molecular weight is 466 g/mol. The van der Waals surface area contributed by atoms with Gasteiger partial charge < -0.3 is 9.94 Å². The zero-order valence-corrected chi connectivity index (χ0v) is 18.0. The second-order valence-corrected chi connectivity index (χ2v) is 7.72. The van der Waals surface area contributed by atoms with Gasteiger partial charge in [-0.3, -0.25) is 28.8 Å². The minimum absolute atomic E-state index is 0.191. The van der Waals surface area contributed by atoms with Gasteiger partial charge in [-0.25, -0.2) is 9.59 Å². The van der Waals surface area contributed by atoms with Crippen LogP contribution in [-0.2, 0) is 11.3 Å². The van der Waals surface area contributed by atoms with Gasteiger partial charge in [0.2, 0.25) is 0 Å². The number of amides is 1. The van der Waals surface area contributed by atoms with Crippen molar-refractivity contribution in [1.29, 1.82) is 0 Å². The number of benzene rings is 2. The molecule has 0 radical (unpaired) electrons. The van der Waals surface area contributed by atoms with Crippen molar-refractivity contribution >= 4 is 17.6 Å². The molecule has 12 heteroatoms. The molecule has 174 valence electrons. The van der Waals surface area contributed by atoms with E-state index in [2.05, 4.69) is 5.48 Å². The van der Waals surface area contributed by atoms with E-state index in [-0.39, 0.29) is 35.1 Å². The Hall–Kier alpha value is -4.74. The summed E-state index contributed by atoms with van der Waals surface area (Å²) in [6.07, 6.45) is 0.913. The second kappa shape index (κ2) is 8.31. The zero-order chi connectivity index (χ0) is 24.7. The normalized spacial score (nSPS) is 14.6. The number of nitro benzene ring substituents is 1. The number of nitrogens with one attached hydrogen (secondary N) is 1. The summed E-state index contributed by atoms with van der Waals surface area (Å²) in [5.41, 5.74) is 0.823. The van der Waals surface area contributed by atoms with Crippen LogP contribution in [-0.4, -0.2) is 31.0 Å². The molecule has 1 atom stereocenters. The largest absolute Gasteiger partial charge is 0.477 e. The Balaban J connectivity index is 1.89. The van der Waals surface area contributed by atoms with Crippen LogP contribution in [0, 0.1) is 17.0 Å². The number of hydrogen-bond donors (Lipinski definition) is 2. The second-order valence-electron chi connectivity index (χ2n) is 7.72. The Morgan fingerprint density at radius 1 is 1.24 bits per heavy atom. The number of carboxylic acid groups (broad SMARTS) is 1. The molecule has 12 nitrogen and oxygen atoms in total. The summed E-state index contributed by atoms with van der Waals surface area (Å²) in [4.78, 5) is 65.5. The van der Waals surface area contributed by atoms with Crippen LogP contribution in [0.3, 0.4) is 0 Å². The first kappa shape index (κ1) is 22.5. The molecule has 3 aromatic rings. The third kappa shape index (κ3) is 3.70. The highest BCUT2D eigenvalue weighted by atomic mass is 16.7. The quantitative estimate of drug-likeness (QED) is 0.422. The number of aromatic carboxylic acids is 1. The molecule has 0 spiro atoms. The first-order valence-corrected chi connectivity index (χ1v) is 10.0. The fourth-order valence-corrected chi connectivity index (χ4v) is 3.74. The molecule has 1 amide bonds. The number of carboxylic acids is 1. The molecule has 0 aliphatic carbocycles. The Morgan fingerprint density at radius 2 is 1.97 bits per heavy atom. The van der Waals surface area contributed by atoms with Crippen LogP contribution in [0.15, 0.2) is 52.2 Å². The van der Waals surface area contributed by atoms with Crippen LogP contribution in [0.4, 0.5) is 5.69 Å². The van der Waals surface area contributed by atoms with E-state index in [1.165, 1.54) is 37.3 Å². The lowest BCUT2D eigenvalue weighted by atomic mass is 9.98. The van der Waals surface area contributed by atoms with Crippen LogP contribution in [0.25, 0.3) is 5.69 Å². The first-order valence-electron chi connectivity index (χ1n) is 10.0. The zero-order valence-electron chi connectivity index (χ0n) is 18.0. The minimum atomic E-state index is -1.54. The van der Waals surface area contributed by atoms with Gasteiger partial charge in [0, 0.05) is 29.5 Å². The lowest BCUT2D eigenvalue weighted by Gasteiger charge is -2.23. The van der Waals surface area contributed by atoms with E-state index in [0.29, 0.717) is 15.7 Å². The number of carbonyl (C=O) groups excluding carboxylic acids is 1. The van der Waals surface area contributed by atoms with Crippen LogP contribution < -0.4 is 21.6 Å². The maximum absolute atomic E-state index is 13.3. The Morgan fingerprint density at radius 3 is 2.65 bits per heavy atom. The standard InChI is InChI=1S/C22H18N4O8/c1-11-13(4-3-5-17(11)26(32)33)9-25-20(28)16(21(29)30)10-24(22(25)31)14-6-7-15-12(2)19(27)23-34-18(15)8-14/h3-8,10,12H,9H2,1-2H3,(H,23,27)(H,29,30). The SMILES string of the molecule is Cc1c(Cn2c(=O)c(C(=O)O)cn(-c3ccc4c(c3)ONC(=O)C4C)c2=O)cccc1[N+](=O)[O-]. The molecule has 0 bridgehead atoms. The smallest absolute Gasteiger partial charge is 0.342 e. The van der Waals surface area contributed by atoms with E-state index in [1.807, 2.05) is 0 Å². The molecule has 0 saturated heterocycles.